The molecule has 0 aliphatic heterocycles. The van der Waals surface area contributed by atoms with Crippen LogP contribution in [0.25, 0.3) is 116 Å². The molecule has 260 valence electrons. The zero-order valence-electron chi connectivity index (χ0n) is 30.1. The molecule has 0 spiro atoms. The third-order valence-corrected chi connectivity index (χ3v) is 11.3. The van der Waals surface area contributed by atoms with Crippen molar-refractivity contribution in [3.05, 3.63) is 188 Å². The van der Waals surface area contributed by atoms with Crippen LogP contribution in [0.1, 0.15) is 0 Å². The van der Waals surface area contributed by atoms with Crippen LogP contribution in [0.5, 0.6) is 0 Å². The highest BCUT2D eigenvalue weighted by atomic mass is 16.3. The van der Waals surface area contributed by atoms with Gasteiger partial charge in [-0.15, -0.1) is 0 Å². The minimum Gasteiger partial charge on any atom is -0.456 e. The van der Waals surface area contributed by atoms with E-state index in [9.17, 15) is 0 Å². The van der Waals surface area contributed by atoms with Gasteiger partial charge in [-0.05, 0) is 98.4 Å². The molecule has 0 aliphatic carbocycles. The smallest absolute Gasteiger partial charge is 0.235 e. The summed E-state index contributed by atoms with van der Waals surface area (Å²) in [6.45, 7) is 0. The molecule has 3 aromatic heterocycles. The molecule has 12 aromatic rings. The topological polar surface area (TPSA) is 43.9 Å². The molecule has 0 saturated heterocycles. The summed E-state index contributed by atoms with van der Waals surface area (Å²) in [5, 5.41) is 10.2. The molecule has 0 saturated carbocycles. The van der Waals surface area contributed by atoms with Crippen LogP contribution in [0.3, 0.4) is 0 Å². The molecule has 9 aromatic carbocycles. The van der Waals surface area contributed by atoms with Gasteiger partial charge in [0.1, 0.15) is 11.2 Å². The number of aromatic nitrogens is 3. The van der Waals surface area contributed by atoms with E-state index < -0.39 is 0 Å². The first-order valence-electron chi connectivity index (χ1n) is 19.0. The first-order valence-corrected chi connectivity index (χ1v) is 19.0. The van der Waals surface area contributed by atoms with Crippen LogP contribution in [0.15, 0.2) is 192 Å². The molecule has 3 heterocycles. The molecule has 0 bridgehead atoms. The maximum Gasteiger partial charge on any atom is 0.235 e. The Morgan fingerprint density at radius 1 is 0.357 bits per heavy atom. The van der Waals surface area contributed by atoms with Crippen molar-refractivity contribution in [2.45, 2.75) is 0 Å². The highest BCUT2D eigenvalue weighted by molar-refractivity contribution is 6.23. The molecule has 4 nitrogen and oxygen atoms in total. The van der Waals surface area contributed by atoms with Gasteiger partial charge in [0.15, 0.2) is 0 Å². The number of hydrogen-bond donors (Lipinski definition) is 0. The Labute approximate surface area is 321 Å². The van der Waals surface area contributed by atoms with Gasteiger partial charge < -0.3 is 4.42 Å². The predicted octanol–water partition coefficient (Wildman–Crippen LogP) is 13.9. The summed E-state index contributed by atoms with van der Waals surface area (Å²) < 4.78 is 8.60. The Morgan fingerprint density at radius 3 is 1.79 bits per heavy atom. The lowest BCUT2D eigenvalue weighted by molar-refractivity contribution is 0.669. The van der Waals surface area contributed by atoms with Crippen molar-refractivity contribution in [3.8, 4) is 39.5 Å². The first kappa shape index (κ1) is 30.9. The summed E-state index contributed by atoms with van der Waals surface area (Å²) in [5.74, 6) is 0.629. The van der Waals surface area contributed by atoms with E-state index in [0.29, 0.717) is 5.95 Å². The molecular weight excluding hydrogens is 683 g/mol. The van der Waals surface area contributed by atoms with Crippen molar-refractivity contribution < 1.29 is 4.42 Å². The fraction of sp³-hybridized carbons (Fsp3) is 0. The zero-order valence-corrected chi connectivity index (χ0v) is 30.1. The van der Waals surface area contributed by atoms with Gasteiger partial charge in [0.05, 0.1) is 22.2 Å². The van der Waals surface area contributed by atoms with Crippen LogP contribution >= 0.6 is 0 Å². The Morgan fingerprint density at radius 2 is 1.00 bits per heavy atom. The minimum atomic E-state index is 0.629. The fourth-order valence-electron chi connectivity index (χ4n) is 8.79. The lowest BCUT2D eigenvalue weighted by Crippen LogP contribution is -2.04. The van der Waals surface area contributed by atoms with E-state index in [-0.39, 0.29) is 0 Å². The van der Waals surface area contributed by atoms with E-state index in [1.807, 2.05) is 12.1 Å². The molecule has 56 heavy (non-hydrogen) atoms. The highest BCUT2D eigenvalue weighted by Crippen LogP contribution is 2.42. The molecule has 0 radical (unpaired) electrons. The molecule has 0 amide bonds. The fourth-order valence-corrected chi connectivity index (χ4v) is 8.79. The number of furan rings is 1. The van der Waals surface area contributed by atoms with Crippen LogP contribution in [-0.2, 0) is 0 Å². The zero-order chi connectivity index (χ0) is 36.7. The molecule has 0 N–H and O–H groups in total. The molecule has 0 atom stereocenters. The molecule has 12 rings (SSSR count). The van der Waals surface area contributed by atoms with Crippen LogP contribution in [0.2, 0.25) is 0 Å². The minimum absolute atomic E-state index is 0.629. The summed E-state index contributed by atoms with van der Waals surface area (Å²) in [4.78, 5) is 11.1. The van der Waals surface area contributed by atoms with Gasteiger partial charge in [-0.3, -0.25) is 4.57 Å². The van der Waals surface area contributed by atoms with Crippen molar-refractivity contribution >= 4 is 76.2 Å². The van der Waals surface area contributed by atoms with Crippen molar-refractivity contribution in [1.82, 2.24) is 14.5 Å². The number of benzene rings is 9. The van der Waals surface area contributed by atoms with Gasteiger partial charge in [-0.25, -0.2) is 9.97 Å². The molecule has 0 aliphatic rings. The number of rotatable bonds is 4. The summed E-state index contributed by atoms with van der Waals surface area (Å²) in [5.41, 5.74) is 11.3. The summed E-state index contributed by atoms with van der Waals surface area (Å²) in [6.07, 6.45) is 0. The van der Waals surface area contributed by atoms with Gasteiger partial charge in [-0.2, -0.15) is 0 Å². The largest absolute Gasteiger partial charge is 0.456 e. The van der Waals surface area contributed by atoms with E-state index in [1.54, 1.807) is 0 Å². The van der Waals surface area contributed by atoms with E-state index in [1.165, 1.54) is 0 Å². The van der Waals surface area contributed by atoms with Crippen molar-refractivity contribution in [2.24, 2.45) is 0 Å². The second-order valence-electron chi connectivity index (χ2n) is 14.6. The molecular formula is C52H31N3O. The highest BCUT2D eigenvalue weighted by Gasteiger charge is 2.21. The standard InChI is InChI=1S/C52H31N3O/c1-3-13-32(14-4-1)36-27-37(33-15-5-2-6-16-33)29-38(28-36)51-50-39-18-8-7-17-34(39)23-25-44(50)53-52(54-51)55-45-21-11-9-19-40(45)43-30-35-24-26-48-49(42(35)31-46(43)55)41-20-10-12-22-47(41)56-48/h1-31H. The van der Waals surface area contributed by atoms with E-state index in [4.69, 9.17) is 14.4 Å². The number of fused-ring (bicyclic) bond motifs is 11. The Kier molecular flexibility index (Phi) is 6.60. The number of nitrogens with zero attached hydrogens (tertiary/aromatic N) is 3. The molecule has 4 heteroatoms. The normalized spacial score (nSPS) is 11.9. The number of hydrogen-bond acceptors (Lipinski definition) is 3. The Hall–Kier alpha value is -7.56. The summed E-state index contributed by atoms with van der Waals surface area (Å²) >= 11 is 0. The van der Waals surface area contributed by atoms with Gasteiger partial charge in [0, 0.05) is 32.5 Å². The Balaban J connectivity index is 1.20. The lowest BCUT2D eigenvalue weighted by Gasteiger charge is -2.16. The second-order valence-corrected chi connectivity index (χ2v) is 14.6. The number of para-hydroxylation sites is 2. The van der Waals surface area contributed by atoms with Gasteiger partial charge in [0.2, 0.25) is 5.95 Å². The van der Waals surface area contributed by atoms with Gasteiger partial charge >= 0.3 is 0 Å². The van der Waals surface area contributed by atoms with Crippen LogP contribution in [0.4, 0.5) is 0 Å². The second kappa shape index (κ2) is 12.0. The van der Waals surface area contributed by atoms with Crippen molar-refractivity contribution in [1.29, 1.82) is 0 Å². The van der Waals surface area contributed by atoms with Gasteiger partial charge in [0.25, 0.3) is 0 Å². The van der Waals surface area contributed by atoms with Crippen LogP contribution in [0, 0.1) is 0 Å². The maximum atomic E-state index is 6.35. The Bertz CT molecular complexity index is 3470. The lowest BCUT2D eigenvalue weighted by atomic mass is 9.93. The SMILES string of the molecule is c1ccc(-c2cc(-c3ccccc3)cc(-c3nc(-n4c5ccccc5c5cc6ccc7oc8ccccc8c7c6cc54)nc4ccc5ccccc5c34)c2)cc1. The summed E-state index contributed by atoms with van der Waals surface area (Å²) in [7, 11) is 0. The molecule has 0 unspecified atom stereocenters. The quantitative estimate of drug-likeness (QED) is 0.171. The first-order chi connectivity index (χ1) is 27.7. The summed E-state index contributed by atoms with van der Waals surface area (Å²) in [6, 6.07) is 66.8. The van der Waals surface area contributed by atoms with Crippen LogP contribution < -0.4 is 0 Å². The van der Waals surface area contributed by atoms with E-state index in [2.05, 4.69) is 180 Å². The van der Waals surface area contributed by atoms with E-state index >= 15 is 0 Å². The van der Waals surface area contributed by atoms with Crippen molar-refractivity contribution in [2.75, 3.05) is 0 Å². The van der Waals surface area contributed by atoms with E-state index in [0.717, 1.165) is 110 Å². The third-order valence-electron chi connectivity index (χ3n) is 11.3. The van der Waals surface area contributed by atoms with Crippen molar-refractivity contribution in [3.63, 3.8) is 0 Å². The molecule has 0 fully saturated rings. The average molecular weight is 714 g/mol. The maximum absolute atomic E-state index is 6.35. The monoisotopic (exact) mass is 713 g/mol. The third kappa shape index (κ3) is 4.66. The predicted molar refractivity (Wildman–Crippen MR) is 232 cm³/mol. The average Bonchev–Trinajstić information content (AvgIpc) is 3.81. The van der Waals surface area contributed by atoms with Crippen LogP contribution in [-0.4, -0.2) is 14.5 Å². The van der Waals surface area contributed by atoms with Gasteiger partial charge in [-0.1, -0.05) is 133 Å².